The first-order valence-electron chi connectivity index (χ1n) is 16.4. The normalized spacial score (nSPS) is 38.7. The Labute approximate surface area is 267 Å². The third kappa shape index (κ3) is 3.92. The minimum absolute atomic E-state index is 0.00706. The highest BCUT2D eigenvalue weighted by molar-refractivity contribution is 6.03. The lowest BCUT2D eigenvalue weighted by atomic mass is 9.46. The lowest BCUT2D eigenvalue weighted by molar-refractivity contribution is -0.201. The predicted octanol–water partition coefficient (Wildman–Crippen LogP) is 3.71. The highest BCUT2D eigenvalue weighted by atomic mass is 16.7. The number of allylic oxidation sites excluding steroid dienone is 4. The van der Waals surface area contributed by atoms with Gasteiger partial charge in [0.05, 0.1) is 17.8 Å². The molecular weight excluding hydrogens is 584 g/mol. The number of nitrogen functional groups attached to an aromatic ring is 1. The van der Waals surface area contributed by atoms with E-state index in [4.69, 9.17) is 15.2 Å². The van der Waals surface area contributed by atoms with E-state index in [2.05, 4.69) is 12.2 Å². The van der Waals surface area contributed by atoms with Gasteiger partial charge in [-0.05, 0) is 78.8 Å². The van der Waals surface area contributed by atoms with Gasteiger partial charge >= 0.3 is 0 Å². The van der Waals surface area contributed by atoms with Crippen LogP contribution >= 0.6 is 0 Å². The molecule has 6 aliphatic rings. The number of amides is 1. The molecule has 0 radical (unpaired) electrons. The van der Waals surface area contributed by atoms with Crippen LogP contribution in [0.15, 0.2) is 60.2 Å². The molecule has 4 aliphatic carbocycles. The van der Waals surface area contributed by atoms with E-state index in [9.17, 15) is 24.6 Å². The first-order chi connectivity index (χ1) is 22.0. The van der Waals surface area contributed by atoms with Crippen LogP contribution in [0.2, 0.25) is 0 Å². The lowest BCUT2D eigenvalue weighted by Gasteiger charge is -2.59. The molecule has 8 rings (SSSR count). The van der Waals surface area contributed by atoms with Crippen molar-refractivity contribution in [2.24, 2.45) is 28.6 Å². The number of Topliss-reactive ketones (excluding diaryl/α,β-unsaturated/α-hetero) is 1. The second kappa shape index (κ2) is 10.2. The average molecular weight is 625 g/mol. The molecule has 0 aromatic heterocycles. The van der Waals surface area contributed by atoms with Crippen molar-refractivity contribution in [1.82, 2.24) is 5.32 Å². The summed E-state index contributed by atoms with van der Waals surface area (Å²) in [5, 5.41) is 25.0. The zero-order chi connectivity index (χ0) is 32.2. The molecule has 3 saturated carbocycles. The van der Waals surface area contributed by atoms with E-state index >= 15 is 0 Å². The van der Waals surface area contributed by atoms with Crippen molar-refractivity contribution in [1.29, 1.82) is 0 Å². The number of hydrogen-bond acceptors (Lipinski definition) is 8. The molecule has 9 nitrogen and oxygen atoms in total. The Hall–Kier alpha value is -3.63. The van der Waals surface area contributed by atoms with Gasteiger partial charge in [0.25, 0.3) is 5.91 Å². The van der Waals surface area contributed by atoms with E-state index in [0.29, 0.717) is 37.1 Å². The number of benzene rings is 2. The third-order valence-electron chi connectivity index (χ3n) is 12.5. The summed E-state index contributed by atoms with van der Waals surface area (Å²) in [5.41, 5.74) is 9.40. The summed E-state index contributed by atoms with van der Waals surface area (Å²) < 4.78 is 13.3. The fraction of sp³-hybridized carbons (Fsp3) is 0.486. The van der Waals surface area contributed by atoms with Gasteiger partial charge in [-0.15, -0.1) is 0 Å². The molecule has 2 heterocycles. The topological polar surface area (TPSA) is 148 Å². The fourth-order valence-corrected chi connectivity index (χ4v) is 10.4. The number of hydrogen-bond donors (Lipinski definition) is 4. The summed E-state index contributed by atoms with van der Waals surface area (Å²) >= 11 is 0. The van der Waals surface area contributed by atoms with Crippen LogP contribution in [0.25, 0.3) is 0 Å². The van der Waals surface area contributed by atoms with Crippen molar-refractivity contribution in [3.05, 3.63) is 88.0 Å². The molecule has 0 bridgehead atoms. The maximum absolute atomic E-state index is 13.8. The van der Waals surface area contributed by atoms with Crippen LogP contribution in [0.3, 0.4) is 0 Å². The van der Waals surface area contributed by atoms with Crippen LogP contribution in [0.1, 0.15) is 78.4 Å². The summed E-state index contributed by atoms with van der Waals surface area (Å²) in [6.07, 6.45) is 6.39. The Morgan fingerprint density at radius 2 is 1.91 bits per heavy atom. The van der Waals surface area contributed by atoms with E-state index in [0.717, 1.165) is 40.7 Å². The summed E-state index contributed by atoms with van der Waals surface area (Å²) in [6.45, 7) is 3.95. The molecule has 2 aromatic carbocycles. The van der Waals surface area contributed by atoms with Crippen molar-refractivity contribution in [2.45, 2.75) is 76.6 Å². The van der Waals surface area contributed by atoms with Crippen LogP contribution < -0.4 is 11.1 Å². The van der Waals surface area contributed by atoms with Gasteiger partial charge in [-0.3, -0.25) is 14.4 Å². The predicted molar refractivity (Wildman–Crippen MR) is 168 cm³/mol. The molecule has 1 saturated heterocycles. The first-order valence-corrected chi connectivity index (χ1v) is 16.4. The van der Waals surface area contributed by atoms with Crippen LogP contribution in [0, 0.1) is 28.6 Å². The van der Waals surface area contributed by atoms with Crippen molar-refractivity contribution in [2.75, 3.05) is 12.3 Å². The smallest absolute Gasteiger partial charge is 0.254 e. The molecule has 240 valence electrons. The van der Waals surface area contributed by atoms with Crippen molar-refractivity contribution >= 4 is 23.2 Å². The molecule has 1 amide bonds. The summed E-state index contributed by atoms with van der Waals surface area (Å²) in [4.78, 5) is 38.3. The molecule has 9 heteroatoms. The zero-order valence-electron chi connectivity index (χ0n) is 26.1. The molecular formula is C37H40N2O7. The van der Waals surface area contributed by atoms with Crippen LogP contribution in [-0.2, 0) is 32.0 Å². The fourth-order valence-electron chi connectivity index (χ4n) is 10.4. The number of rotatable bonds is 5. The van der Waals surface area contributed by atoms with Gasteiger partial charge < -0.3 is 30.7 Å². The minimum atomic E-state index is -1.39. The molecule has 2 aliphatic heterocycles. The number of carbonyl (C=O) groups excluding carboxylic acids is 3. The Kier molecular flexibility index (Phi) is 6.59. The number of carbonyl (C=O) groups is 3. The highest BCUT2D eigenvalue weighted by Crippen LogP contribution is 2.70. The number of fused-ring (bicyclic) bond motifs is 8. The number of nitrogens with one attached hydrogen (secondary N) is 1. The maximum atomic E-state index is 13.8. The summed E-state index contributed by atoms with van der Waals surface area (Å²) in [5.74, 6) is -0.499. The molecule has 9 atom stereocenters. The molecule has 0 spiro atoms. The Morgan fingerprint density at radius 3 is 2.67 bits per heavy atom. The molecule has 46 heavy (non-hydrogen) atoms. The molecule has 4 fully saturated rings. The maximum Gasteiger partial charge on any atom is 0.254 e. The largest absolute Gasteiger partial charge is 0.398 e. The minimum Gasteiger partial charge on any atom is -0.398 e. The van der Waals surface area contributed by atoms with Crippen LogP contribution in [0.5, 0.6) is 0 Å². The second-order valence-corrected chi connectivity index (χ2v) is 14.6. The Bertz CT molecular complexity index is 1730. The number of nitrogens with two attached hydrogens (primary N) is 1. The Morgan fingerprint density at radius 1 is 1.13 bits per heavy atom. The number of anilines is 1. The van der Waals surface area contributed by atoms with Gasteiger partial charge in [0.2, 0.25) is 0 Å². The van der Waals surface area contributed by atoms with Crippen LogP contribution in [0.4, 0.5) is 5.69 Å². The standard InChI is InChI=1S/C37H40N2O7/c1-35-12-11-23(41)14-22(35)8-9-24-26-15-30-37(29(43)18-40,36(26,2)16-28(42)32(24)35)46-34(45-30)20-5-3-19(4-6-20)13-21-7-10-27(38)31-25(21)17-39-33(31)44/h3-7,10-12,14,24,26,28,30,32,34,40,42H,8-9,13,15-18,38H2,1-2H3,(H,39,44)/t24-,26-,28-,30+,32+,34+,35-,36-,37+/m0/s1. The Balaban J connectivity index is 1.07. The molecule has 0 unspecified atom stereocenters. The number of ether oxygens (including phenoxy) is 2. The van der Waals surface area contributed by atoms with Gasteiger partial charge in [-0.2, -0.15) is 0 Å². The van der Waals surface area contributed by atoms with E-state index in [-0.39, 0.29) is 29.4 Å². The van der Waals surface area contributed by atoms with Crippen molar-refractivity contribution in [3.8, 4) is 0 Å². The second-order valence-electron chi connectivity index (χ2n) is 14.6. The molecule has 2 aromatic rings. The first kappa shape index (κ1) is 29.8. The van der Waals surface area contributed by atoms with Crippen molar-refractivity contribution in [3.63, 3.8) is 0 Å². The van der Waals surface area contributed by atoms with Gasteiger partial charge in [0.15, 0.2) is 23.5 Å². The summed E-state index contributed by atoms with van der Waals surface area (Å²) in [7, 11) is 0. The monoisotopic (exact) mass is 624 g/mol. The van der Waals surface area contributed by atoms with Gasteiger partial charge in [0, 0.05) is 34.5 Å². The lowest BCUT2D eigenvalue weighted by Crippen LogP contribution is -2.63. The van der Waals surface area contributed by atoms with E-state index in [1.165, 1.54) is 0 Å². The number of aliphatic hydroxyl groups excluding tert-OH is 2. The van der Waals surface area contributed by atoms with Gasteiger partial charge in [0.1, 0.15) is 6.61 Å². The van der Waals surface area contributed by atoms with E-state index < -0.39 is 47.3 Å². The SMILES string of the molecule is C[C@]12C=CC(=O)C=C1CC[C@@H]1[C@@H]2[C@@H](O)C[C@@]2(C)[C@H]1C[C@H]1O[C@@H](c3ccc(Cc4ccc(N)c5c4CNC5=O)cc3)O[C@]12C(=O)CO. The van der Waals surface area contributed by atoms with E-state index in [1.807, 2.05) is 43.3 Å². The van der Waals surface area contributed by atoms with Gasteiger partial charge in [-0.1, -0.05) is 55.8 Å². The number of aliphatic hydroxyl groups is 2. The highest BCUT2D eigenvalue weighted by Gasteiger charge is 2.75. The zero-order valence-corrected chi connectivity index (χ0v) is 26.1. The number of ketones is 2. The van der Waals surface area contributed by atoms with Crippen molar-refractivity contribution < 1.29 is 34.1 Å². The summed E-state index contributed by atoms with van der Waals surface area (Å²) in [6, 6.07) is 11.6. The van der Waals surface area contributed by atoms with Gasteiger partial charge in [-0.25, -0.2) is 0 Å². The molecule has 5 N–H and O–H groups in total. The van der Waals surface area contributed by atoms with Crippen LogP contribution in [-0.4, -0.2) is 52.1 Å². The van der Waals surface area contributed by atoms with E-state index in [1.54, 1.807) is 18.2 Å². The third-order valence-corrected chi connectivity index (χ3v) is 12.5. The quantitative estimate of drug-likeness (QED) is 0.368. The average Bonchev–Trinajstić information content (AvgIpc) is 3.69.